The number of nitrogens with one attached hydrogen (secondary N) is 2. The third-order valence-corrected chi connectivity index (χ3v) is 4.18. The molecule has 0 saturated carbocycles. The number of aryl methyl sites for hydroxylation is 2. The third-order valence-electron chi connectivity index (χ3n) is 3.42. The van der Waals surface area contributed by atoms with Crippen LogP contribution in [0.1, 0.15) is 35.0 Å². The fourth-order valence-electron chi connectivity index (χ4n) is 2.54. The number of amides is 2. The summed E-state index contributed by atoms with van der Waals surface area (Å²) in [5.74, 6) is 0. The highest BCUT2D eigenvalue weighted by Crippen LogP contribution is 2.29. The molecule has 0 spiro atoms. The molecule has 20 heavy (non-hydrogen) atoms. The van der Waals surface area contributed by atoms with E-state index < -0.39 is 0 Å². The van der Waals surface area contributed by atoms with Crippen molar-refractivity contribution in [3.05, 3.63) is 40.4 Å². The quantitative estimate of drug-likeness (QED) is 0.892. The molecule has 2 aromatic rings. The number of carbonyl (C=O) groups is 1. The van der Waals surface area contributed by atoms with Gasteiger partial charge in [0.1, 0.15) is 5.01 Å². The fourth-order valence-corrected chi connectivity index (χ4v) is 3.13. The van der Waals surface area contributed by atoms with E-state index in [0.717, 1.165) is 24.3 Å². The van der Waals surface area contributed by atoms with Gasteiger partial charge in [-0.2, -0.15) is 0 Å². The van der Waals surface area contributed by atoms with Crippen molar-refractivity contribution in [2.24, 2.45) is 0 Å². The molecule has 1 aliphatic rings. The molecule has 5 nitrogen and oxygen atoms in total. The summed E-state index contributed by atoms with van der Waals surface area (Å²) in [5, 5.41) is 14.9. The zero-order valence-electron chi connectivity index (χ0n) is 11.2. The van der Waals surface area contributed by atoms with Crippen molar-refractivity contribution in [3.63, 3.8) is 0 Å². The maximum atomic E-state index is 12.0. The summed E-state index contributed by atoms with van der Waals surface area (Å²) in [5.41, 5.74) is 2.55. The lowest BCUT2D eigenvalue weighted by Gasteiger charge is -2.26. The van der Waals surface area contributed by atoms with Crippen LogP contribution in [0.15, 0.2) is 24.3 Å². The van der Waals surface area contributed by atoms with Gasteiger partial charge in [-0.3, -0.25) is 5.32 Å². The first-order chi connectivity index (χ1) is 9.72. The number of hydrogen-bond donors (Lipinski definition) is 2. The largest absolute Gasteiger partial charge is 0.331 e. The molecule has 3 rings (SSSR count). The first kappa shape index (κ1) is 13.1. The fraction of sp³-hybridized carbons (Fsp3) is 0.357. The van der Waals surface area contributed by atoms with Gasteiger partial charge in [-0.1, -0.05) is 35.6 Å². The summed E-state index contributed by atoms with van der Waals surface area (Å²) in [6, 6.07) is 8.15. The van der Waals surface area contributed by atoms with Gasteiger partial charge in [-0.15, -0.1) is 10.2 Å². The lowest BCUT2D eigenvalue weighted by molar-refractivity contribution is 0.247. The Labute approximate surface area is 121 Å². The molecule has 6 heteroatoms. The summed E-state index contributed by atoms with van der Waals surface area (Å²) in [6.07, 6.45) is 3.16. The van der Waals surface area contributed by atoms with E-state index in [1.807, 2.05) is 19.1 Å². The van der Waals surface area contributed by atoms with Gasteiger partial charge in [0.15, 0.2) is 0 Å². The smallest absolute Gasteiger partial charge is 0.321 e. The van der Waals surface area contributed by atoms with Crippen LogP contribution in [-0.4, -0.2) is 16.2 Å². The Morgan fingerprint density at radius 3 is 3.00 bits per heavy atom. The van der Waals surface area contributed by atoms with Crippen LogP contribution < -0.4 is 10.6 Å². The minimum atomic E-state index is -0.220. The molecule has 1 aromatic heterocycles. The minimum Gasteiger partial charge on any atom is -0.331 e. The Morgan fingerprint density at radius 2 is 2.20 bits per heavy atom. The van der Waals surface area contributed by atoms with Crippen LogP contribution in [0.3, 0.4) is 0 Å². The van der Waals surface area contributed by atoms with Gasteiger partial charge in [0.05, 0.1) is 6.04 Å². The molecule has 0 aliphatic heterocycles. The second kappa shape index (κ2) is 5.58. The van der Waals surface area contributed by atoms with Gasteiger partial charge in [0.25, 0.3) is 0 Å². The number of aromatic nitrogens is 2. The number of benzene rings is 1. The summed E-state index contributed by atoms with van der Waals surface area (Å²) in [4.78, 5) is 12.0. The van der Waals surface area contributed by atoms with Crippen LogP contribution in [0.2, 0.25) is 0 Å². The molecule has 0 unspecified atom stereocenters. The van der Waals surface area contributed by atoms with Crippen molar-refractivity contribution >= 4 is 22.5 Å². The Morgan fingerprint density at radius 1 is 1.35 bits per heavy atom. The molecule has 104 valence electrons. The SMILES string of the molecule is Cc1nnc(NC(=O)N[C@H]2CCCc3ccccc32)s1. The first-order valence-electron chi connectivity index (χ1n) is 6.68. The van der Waals surface area contributed by atoms with Crippen LogP contribution in [0.4, 0.5) is 9.93 Å². The van der Waals surface area contributed by atoms with Gasteiger partial charge < -0.3 is 5.32 Å². The highest BCUT2D eigenvalue weighted by molar-refractivity contribution is 7.15. The molecular formula is C14H16N4OS. The van der Waals surface area contributed by atoms with Crippen molar-refractivity contribution in [1.29, 1.82) is 0 Å². The topological polar surface area (TPSA) is 66.9 Å². The predicted octanol–water partition coefficient (Wildman–Crippen LogP) is 3.05. The second-order valence-corrected chi connectivity index (χ2v) is 6.05. The summed E-state index contributed by atoms with van der Waals surface area (Å²) < 4.78 is 0. The van der Waals surface area contributed by atoms with Crippen molar-refractivity contribution < 1.29 is 4.79 Å². The van der Waals surface area contributed by atoms with Gasteiger partial charge in [0, 0.05) is 0 Å². The Balaban J connectivity index is 1.68. The van der Waals surface area contributed by atoms with E-state index in [4.69, 9.17) is 0 Å². The van der Waals surface area contributed by atoms with Crippen LogP contribution >= 0.6 is 11.3 Å². The number of rotatable bonds is 2. The number of urea groups is 1. The maximum absolute atomic E-state index is 12.0. The third kappa shape index (κ3) is 2.80. The van der Waals surface area contributed by atoms with Crippen LogP contribution in [0, 0.1) is 6.92 Å². The molecule has 0 radical (unpaired) electrons. The van der Waals surface area contributed by atoms with E-state index in [1.165, 1.54) is 22.5 Å². The summed E-state index contributed by atoms with van der Waals surface area (Å²) in [6.45, 7) is 1.86. The molecule has 2 N–H and O–H groups in total. The molecule has 0 saturated heterocycles. The Bertz CT molecular complexity index is 625. The Hall–Kier alpha value is -1.95. The molecule has 1 aliphatic carbocycles. The standard InChI is InChI=1S/C14H16N4OS/c1-9-17-18-14(20-9)16-13(19)15-12-8-4-6-10-5-2-3-7-11(10)12/h2-3,5,7,12H,4,6,8H2,1H3,(H2,15,16,18,19)/t12-/m0/s1. The monoisotopic (exact) mass is 288 g/mol. The summed E-state index contributed by atoms with van der Waals surface area (Å²) in [7, 11) is 0. The lowest BCUT2D eigenvalue weighted by Crippen LogP contribution is -2.34. The number of nitrogens with zero attached hydrogens (tertiary/aromatic N) is 2. The predicted molar refractivity (Wildman–Crippen MR) is 78.9 cm³/mol. The Kier molecular flexibility index (Phi) is 3.64. The van der Waals surface area contributed by atoms with E-state index in [2.05, 4.69) is 33.0 Å². The van der Waals surface area contributed by atoms with Gasteiger partial charge in [0.2, 0.25) is 5.13 Å². The highest BCUT2D eigenvalue weighted by atomic mass is 32.1. The zero-order valence-corrected chi connectivity index (χ0v) is 12.0. The van der Waals surface area contributed by atoms with Gasteiger partial charge >= 0.3 is 6.03 Å². The number of anilines is 1. The zero-order chi connectivity index (χ0) is 13.9. The molecule has 1 atom stereocenters. The number of fused-ring (bicyclic) bond motifs is 1. The first-order valence-corrected chi connectivity index (χ1v) is 7.49. The van der Waals surface area contributed by atoms with E-state index in [0.29, 0.717) is 5.13 Å². The molecule has 0 fully saturated rings. The molecule has 0 bridgehead atoms. The van der Waals surface area contributed by atoms with Gasteiger partial charge in [-0.25, -0.2) is 4.79 Å². The van der Waals surface area contributed by atoms with Gasteiger partial charge in [-0.05, 0) is 37.3 Å². The second-order valence-electron chi connectivity index (χ2n) is 4.87. The molecular weight excluding hydrogens is 272 g/mol. The van der Waals surface area contributed by atoms with Crippen molar-refractivity contribution in [1.82, 2.24) is 15.5 Å². The van der Waals surface area contributed by atoms with E-state index >= 15 is 0 Å². The van der Waals surface area contributed by atoms with Crippen LogP contribution in [0.5, 0.6) is 0 Å². The molecule has 2 amide bonds. The number of carbonyl (C=O) groups excluding carboxylic acids is 1. The van der Waals surface area contributed by atoms with E-state index in [9.17, 15) is 4.79 Å². The van der Waals surface area contributed by atoms with E-state index in [1.54, 1.807) is 0 Å². The van der Waals surface area contributed by atoms with Crippen molar-refractivity contribution in [2.75, 3.05) is 5.32 Å². The normalized spacial score (nSPS) is 17.4. The maximum Gasteiger partial charge on any atom is 0.321 e. The van der Waals surface area contributed by atoms with E-state index in [-0.39, 0.29) is 12.1 Å². The lowest BCUT2D eigenvalue weighted by atomic mass is 9.88. The van der Waals surface area contributed by atoms with Crippen LogP contribution in [-0.2, 0) is 6.42 Å². The van der Waals surface area contributed by atoms with Crippen molar-refractivity contribution in [3.8, 4) is 0 Å². The minimum absolute atomic E-state index is 0.0777. The molecule has 1 heterocycles. The molecule has 1 aromatic carbocycles. The average Bonchev–Trinajstić information content (AvgIpc) is 2.84. The van der Waals surface area contributed by atoms with Crippen molar-refractivity contribution in [2.45, 2.75) is 32.2 Å². The summed E-state index contributed by atoms with van der Waals surface area (Å²) >= 11 is 1.37. The highest BCUT2D eigenvalue weighted by Gasteiger charge is 2.21. The average molecular weight is 288 g/mol. The number of hydrogen-bond acceptors (Lipinski definition) is 4. The van der Waals surface area contributed by atoms with Crippen LogP contribution in [0.25, 0.3) is 0 Å².